The van der Waals surface area contributed by atoms with Gasteiger partial charge in [0.2, 0.25) is 11.8 Å². The molecule has 7 amide bonds. The lowest BCUT2D eigenvalue weighted by Crippen LogP contribution is -2.45. The summed E-state index contributed by atoms with van der Waals surface area (Å²) in [5, 5.41) is 12.6. The summed E-state index contributed by atoms with van der Waals surface area (Å²) in [6.45, 7) is 8.17. The van der Waals surface area contributed by atoms with Crippen LogP contribution in [0.5, 0.6) is 0 Å². The number of nitrogens with zero attached hydrogens (tertiary/aromatic N) is 7. The van der Waals surface area contributed by atoms with Crippen LogP contribution in [0.3, 0.4) is 0 Å². The Bertz CT molecular complexity index is 3370. The number of unbranched alkanes of at least 4 members (excludes halogenated alkanes) is 2. The molecule has 7 aromatic rings. The van der Waals surface area contributed by atoms with E-state index in [4.69, 9.17) is 20.4 Å². The van der Waals surface area contributed by atoms with E-state index >= 15 is 0 Å². The van der Waals surface area contributed by atoms with Crippen molar-refractivity contribution in [2.24, 2.45) is 17.6 Å². The summed E-state index contributed by atoms with van der Waals surface area (Å²) >= 11 is 0. The van der Waals surface area contributed by atoms with Gasteiger partial charge in [-0.05, 0) is 110 Å². The van der Waals surface area contributed by atoms with Gasteiger partial charge in [-0.2, -0.15) is 5.10 Å². The first-order valence-corrected chi connectivity index (χ1v) is 26.8. The molecule has 1 aliphatic heterocycles. The van der Waals surface area contributed by atoms with Gasteiger partial charge in [0.25, 0.3) is 11.8 Å². The minimum Gasteiger partial charge on any atom is -0.445 e. The van der Waals surface area contributed by atoms with Gasteiger partial charge in [-0.15, -0.1) is 0 Å². The number of primary amides is 1. The van der Waals surface area contributed by atoms with Crippen LogP contribution in [-0.4, -0.2) is 100 Å². The molecule has 0 unspecified atom stereocenters. The number of aromatic amines is 1. The average Bonchev–Trinajstić information content (AvgIpc) is 4.19. The van der Waals surface area contributed by atoms with E-state index in [2.05, 4.69) is 49.2 Å². The second kappa shape index (κ2) is 26.8. The van der Waals surface area contributed by atoms with E-state index in [-0.39, 0.29) is 81.5 Å². The van der Waals surface area contributed by atoms with Crippen molar-refractivity contribution in [2.45, 2.75) is 98.4 Å². The molecule has 3 aromatic carbocycles. The topological polar surface area (TPSA) is 269 Å². The molecule has 80 heavy (non-hydrogen) atoms. The zero-order valence-corrected chi connectivity index (χ0v) is 45.3. The smallest absolute Gasteiger partial charge is 0.410 e. The van der Waals surface area contributed by atoms with E-state index < -0.39 is 30.0 Å². The molecule has 0 bridgehead atoms. The van der Waals surface area contributed by atoms with Gasteiger partial charge in [0.15, 0.2) is 11.4 Å². The molecule has 0 fully saturated rings. The van der Waals surface area contributed by atoms with Crippen LogP contribution in [-0.2, 0) is 48.4 Å². The number of ketones is 1. The number of Topliss-reactive ketones (excluding diaryl/α,β-unsaturated/α-hetero) is 1. The fraction of sp³-hybridized carbons (Fsp3) is 0.317. The number of benzene rings is 3. The number of imidazole rings is 1. The van der Waals surface area contributed by atoms with Gasteiger partial charge in [-0.3, -0.25) is 38.8 Å². The molecular weight excluding hydrogens is 1020 g/mol. The molecular formula is C60H66N12O8. The summed E-state index contributed by atoms with van der Waals surface area (Å²) in [6.07, 6.45) is 7.37. The van der Waals surface area contributed by atoms with E-state index in [0.717, 1.165) is 38.4 Å². The first-order valence-electron chi connectivity index (χ1n) is 26.8. The number of carbonyl (C=O) groups is 7. The molecule has 5 heterocycles. The summed E-state index contributed by atoms with van der Waals surface area (Å²) in [7, 11) is 0. The van der Waals surface area contributed by atoms with E-state index in [1.165, 1.54) is 18.5 Å². The van der Waals surface area contributed by atoms with Crippen LogP contribution in [0.15, 0.2) is 128 Å². The van der Waals surface area contributed by atoms with Gasteiger partial charge in [0, 0.05) is 73.7 Å². The van der Waals surface area contributed by atoms with Crippen molar-refractivity contribution in [1.29, 1.82) is 0 Å². The van der Waals surface area contributed by atoms with Crippen molar-refractivity contribution in [3.8, 4) is 33.8 Å². The monoisotopic (exact) mass is 1080 g/mol. The maximum Gasteiger partial charge on any atom is 0.410 e. The van der Waals surface area contributed by atoms with Crippen LogP contribution in [0.25, 0.3) is 39.4 Å². The summed E-state index contributed by atoms with van der Waals surface area (Å²) in [5.74, 6) is -2.38. The molecule has 0 saturated heterocycles. The average molecular weight is 1080 g/mol. The second-order valence-corrected chi connectivity index (χ2v) is 20.2. The summed E-state index contributed by atoms with van der Waals surface area (Å²) in [4.78, 5) is 111. The first-order chi connectivity index (χ1) is 38.6. The van der Waals surface area contributed by atoms with Crippen LogP contribution in [0.2, 0.25) is 0 Å². The van der Waals surface area contributed by atoms with E-state index in [1.807, 2.05) is 94.6 Å². The number of hydrogen-bond donors (Lipinski definition) is 5. The molecule has 0 aliphatic carbocycles. The highest BCUT2D eigenvalue weighted by Gasteiger charge is 2.30. The number of carbonyl (C=O) groups excluding carboxylic acids is 7. The Balaban J connectivity index is 0.944. The number of aryl methyl sites for hydroxylation is 1. The molecule has 8 rings (SSSR count). The number of pyridine rings is 2. The lowest BCUT2D eigenvalue weighted by Gasteiger charge is -2.24. The molecule has 0 saturated carbocycles. The van der Waals surface area contributed by atoms with Crippen molar-refractivity contribution in [3.63, 3.8) is 0 Å². The third-order valence-electron chi connectivity index (χ3n) is 13.9. The standard InChI is InChI=1S/C60H66N12O8/c1-38(2)55(69-52(74)21-9-6-10-31-71-53(75)28-29-54(71)76)49(73)32-43(18-13-30-62-59(61)78)58(77)66-46-25-22-41(23-26-46)36-80-60(79)70(33-44-17-12-19-47(40(44)4)42-15-7-5-8-16-42)35-50-67-56(45-24-27-51-63-37-64-72(51)34-45)57(68-50)48-20-11-14-39(3)65-48/h5,7-8,11-12,14-17,19-20,22-29,34,37-38,43,55H,6,9-10,13,18,21,30-33,35-36H2,1-4H3,(H,66,77)(H,67,68)(H,69,74)(H3,61,62,78)/t43-,55+/m1/s1. The van der Waals surface area contributed by atoms with Crippen molar-refractivity contribution < 1.29 is 38.3 Å². The summed E-state index contributed by atoms with van der Waals surface area (Å²) in [5.41, 5.74) is 14.6. The fourth-order valence-corrected chi connectivity index (χ4v) is 9.56. The van der Waals surface area contributed by atoms with E-state index in [9.17, 15) is 33.6 Å². The summed E-state index contributed by atoms with van der Waals surface area (Å²) in [6, 6.07) is 30.9. The predicted molar refractivity (Wildman–Crippen MR) is 301 cm³/mol. The highest BCUT2D eigenvalue weighted by Crippen LogP contribution is 2.32. The Hall–Kier alpha value is -9.33. The number of urea groups is 1. The van der Waals surface area contributed by atoms with Crippen molar-refractivity contribution in [2.75, 3.05) is 18.4 Å². The van der Waals surface area contributed by atoms with Crippen molar-refractivity contribution >= 4 is 52.9 Å². The van der Waals surface area contributed by atoms with Crippen molar-refractivity contribution in [3.05, 3.63) is 156 Å². The van der Waals surface area contributed by atoms with Gasteiger partial charge in [0.1, 0.15) is 18.8 Å². The van der Waals surface area contributed by atoms with Gasteiger partial charge in [0.05, 0.1) is 29.7 Å². The Kier molecular flexibility index (Phi) is 19.1. The first kappa shape index (κ1) is 56.9. The van der Waals surface area contributed by atoms with Crippen LogP contribution >= 0.6 is 0 Å². The fourth-order valence-electron chi connectivity index (χ4n) is 9.56. The highest BCUT2D eigenvalue weighted by molar-refractivity contribution is 6.12. The molecule has 20 heteroatoms. The molecule has 0 spiro atoms. The zero-order chi connectivity index (χ0) is 56.7. The van der Waals surface area contributed by atoms with Crippen LogP contribution < -0.4 is 21.7 Å². The quantitative estimate of drug-likeness (QED) is 0.0253. The number of amides is 7. The number of nitrogens with one attached hydrogen (secondary N) is 4. The Morgan fingerprint density at radius 3 is 2.30 bits per heavy atom. The number of anilines is 1. The third kappa shape index (κ3) is 15.0. The maximum absolute atomic E-state index is 14.5. The van der Waals surface area contributed by atoms with Crippen LogP contribution in [0, 0.1) is 25.7 Å². The number of H-pyrrole nitrogens is 1. The predicted octanol–water partition coefficient (Wildman–Crippen LogP) is 8.39. The molecule has 414 valence electrons. The van der Waals surface area contributed by atoms with Crippen molar-refractivity contribution in [1.82, 2.24) is 50.0 Å². The molecule has 0 radical (unpaired) electrons. The SMILES string of the molecule is Cc1cccc(-c2[nH]c(CN(Cc3cccc(-c4ccccc4)c3C)C(=O)OCc3ccc(NC(=O)[C@H](CCCNC(N)=O)CC(=O)[C@@H](NC(=O)CCCCCN4C(=O)C=CC4=O)C(C)C)cc3)nc2-c2ccc3ncnn3c2)n1. The Labute approximate surface area is 463 Å². The molecule has 1 aliphatic rings. The third-order valence-corrected chi connectivity index (χ3v) is 13.9. The minimum absolute atomic E-state index is 0.0445. The number of fused-ring (bicyclic) bond motifs is 1. The number of aromatic nitrogens is 6. The number of imide groups is 1. The number of rotatable bonds is 26. The van der Waals surface area contributed by atoms with Gasteiger partial charge < -0.3 is 31.4 Å². The van der Waals surface area contributed by atoms with Crippen LogP contribution in [0.1, 0.15) is 87.0 Å². The number of nitrogens with two attached hydrogens (primary N) is 1. The lowest BCUT2D eigenvalue weighted by molar-refractivity contribution is -0.137. The van der Waals surface area contributed by atoms with Crippen LogP contribution in [0.4, 0.5) is 15.3 Å². The van der Waals surface area contributed by atoms with E-state index in [0.29, 0.717) is 65.5 Å². The number of ether oxygens (including phenoxy) is 1. The van der Waals surface area contributed by atoms with Gasteiger partial charge in [-0.1, -0.05) is 87.0 Å². The Morgan fingerprint density at radius 2 is 1.56 bits per heavy atom. The second-order valence-electron chi connectivity index (χ2n) is 20.2. The molecule has 4 aromatic heterocycles. The number of hydrogen-bond acceptors (Lipinski definition) is 12. The molecule has 2 atom stereocenters. The molecule has 6 N–H and O–H groups in total. The van der Waals surface area contributed by atoms with E-state index in [1.54, 1.807) is 33.7 Å². The zero-order valence-electron chi connectivity index (χ0n) is 45.3. The minimum atomic E-state index is -0.861. The largest absolute Gasteiger partial charge is 0.445 e. The lowest BCUT2D eigenvalue weighted by atomic mass is 9.89. The van der Waals surface area contributed by atoms with Gasteiger partial charge >= 0.3 is 12.1 Å². The molecule has 20 nitrogen and oxygen atoms in total. The maximum atomic E-state index is 14.5. The normalized spacial score (nSPS) is 12.9. The highest BCUT2D eigenvalue weighted by atomic mass is 16.6. The summed E-state index contributed by atoms with van der Waals surface area (Å²) < 4.78 is 7.72. The van der Waals surface area contributed by atoms with Gasteiger partial charge in [-0.25, -0.2) is 24.1 Å². The Morgan fingerprint density at radius 1 is 0.800 bits per heavy atom.